The first-order valence-electron chi connectivity index (χ1n) is 5.44. The molecule has 0 aromatic heterocycles. The maximum atomic E-state index is 9.00. The van der Waals surface area contributed by atoms with Crippen LogP contribution >= 0.6 is 0 Å². The SMILES string of the molecule is CC(=O)O.CCCC1CCCN(C)C1. The first-order chi connectivity index (χ1) is 6.56. The molecule has 3 nitrogen and oxygen atoms in total. The van der Waals surface area contributed by atoms with Crippen molar-refractivity contribution in [1.29, 1.82) is 0 Å². The largest absolute Gasteiger partial charge is 0.481 e. The quantitative estimate of drug-likeness (QED) is 0.744. The van der Waals surface area contributed by atoms with E-state index in [4.69, 9.17) is 9.90 Å². The van der Waals surface area contributed by atoms with Crippen LogP contribution in [0.1, 0.15) is 39.5 Å². The van der Waals surface area contributed by atoms with Crippen molar-refractivity contribution in [3.05, 3.63) is 0 Å². The lowest BCUT2D eigenvalue weighted by molar-refractivity contribution is -0.134. The highest BCUT2D eigenvalue weighted by Crippen LogP contribution is 2.19. The molecule has 1 aliphatic heterocycles. The summed E-state index contributed by atoms with van der Waals surface area (Å²) in [6.07, 6.45) is 5.68. The Bertz CT molecular complexity index is 153. The fourth-order valence-corrected chi connectivity index (χ4v) is 1.92. The molecule has 0 bridgehead atoms. The first kappa shape index (κ1) is 13.4. The van der Waals surface area contributed by atoms with Crippen molar-refractivity contribution < 1.29 is 9.90 Å². The van der Waals surface area contributed by atoms with E-state index in [-0.39, 0.29) is 0 Å². The van der Waals surface area contributed by atoms with Crippen LogP contribution in [0.5, 0.6) is 0 Å². The molecule has 14 heavy (non-hydrogen) atoms. The zero-order valence-electron chi connectivity index (χ0n) is 9.62. The predicted octanol–water partition coefficient (Wildman–Crippen LogP) is 2.22. The number of aliphatic carboxylic acids is 1. The number of likely N-dealkylation sites (tertiary alicyclic amines) is 1. The van der Waals surface area contributed by atoms with E-state index >= 15 is 0 Å². The molecule has 1 unspecified atom stereocenters. The van der Waals surface area contributed by atoms with Crippen molar-refractivity contribution in [2.75, 3.05) is 20.1 Å². The molecule has 1 saturated heterocycles. The van der Waals surface area contributed by atoms with Crippen molar-refractivity contribution in [2.24, 2.45) is 5.92 Å². The van der Waals surface area contributed by atoms with Gasteiger partial charge in [0.25, 0.3) is 5.97 Å². The van der Waals surface area contributed by atoms with E-state index in [9.17, 15) is 0 Å². The standard InChI is InChI=1S/C9H19N.C2H4O2/c1-3-5-9-6-4-7-10(2)8-9;1-2(3)4/h9H,3-8H2,1-2H3;1H3,(H,3,4). The van der Waals surface area contributed by atoms with Crippen LogP contribution in [0.4, 0.5) is 0 Å². The second-order valence-corrected chi connectivity index (χ2v) is 4.08. The molecule has 1 N–H and O–H groups in total. The maximum absolute atomic E-state index is 9.00. The Hall–Kier alpha value is -0.570. The Balaban J connectivity index is 0.000000364. The zero-order valence-corrected chi connectivity index (χ0v) is 9.62. The highest BCUT2D eigenvalue weighted by atomic mass is 16.4. The second-order valence-electron chi connectivity index (χ2n) is 4.08. The van der Waals surface area contributed by atoms with Gasteiger partial charge >= 0.3 is 0 Å². The highest BCUT2D eigenvalue weighted by molar-refractivity contribution is 5.62. The van der Waals surface area contributed by atoms with Crippen LogP contribution in [0.2, 0.25) is 0 Å². The van der Waals surface area contributed by atoms with Crippen LogP contribution in [0.25, 0.3) is 0 Å². The summed E-state index contributed by atoms with van der Waals surface area (Å²) >= 11 is 0. The number of carbonyl (C=O) groups is 1. The molecular formula is C11H23NO2. The number of rotatable bonds is 2. The molecule has 0 aromatic carbocycles. The van der Waals surface area contributed by atoms with Gasteiger partial charge in [0, 0.05) is 13.5 Å². The average molecular weight is 201 g/mol. The smallest absolute Gasteiger partial charge is 0.300 e. The summed E-state index contributed by atoms with van der Waals surface area (Å²) in [7, 11) is 2.24. The van der Waals surface area contributed by atoms with Crippen molar-refractivity contribution in [3.63, 3.8) is 0 Å². The minimum Gasteiger partial charge on any atom is -0.481 e. The number of hydrogen-bond donors (Lipinski definition) is 1. The van der Waals surface area contributed by atoms with E-state index in [1.54, 1.807) is 0 Å². The normalized spacial score (nSPS) is 22.4. The highest BCUT2D eigenvalue weighted by Gasteiger charge is 2.15. The third-order valence-electron chi connectivity index (χ3n) is 2.42. The molecule has 1 fully saturated rings. The summed E-state index contributed by atoms with van der Waals surface area (Å²) in [5, 5.41) is 7.42. The van der Waals surface area contributed by atoms with Gasteiger partial charge in [-0.05, 0) is 38.8 Å². The molecule has 0 spiro atoms. The monoisotopic (exact) mass is 201 g/mol. The average Bonchev–Trinajstić information content (AvgIpc) is 2.03. The van der Waals surface area contributed by atoms with Crippen molar-refractivity contribution in [3.8, 4) is 0 Å². The van der Waals surface area contributed by atoms with Crippen LogP contribution in [0, 0.1) is 5.92 Å². The molecule has 1 rings (SSSR count). The van der Waals surface area contributed by atoms with E-state index < -0.39 is 5.97 Å². The number of piperidine rings is 1. The van der Waals surface area contributed by atoms with Crippen molar-refractivity contribution in [1.82, 2.24) is 4.90 Å². The summed E-state index contributed by atoms with van der Waals surface area (Å²) in [6.45, 7) is 6.03. The Morgan fingerprint density at radius 1 is 1.57 bits per heavy atom. The molecule has 0 saturated carbocycles. The fourth-order valence-electron chi connectivity index (χ4n) is 1.92. The molecule has 0 amide bonds. The van der Waals surface area contributed by atoms with Gasteiger partial charge in [0.2, 0.25) is 0 Å². The van der Waals surface area contributed by atoms with Crippen molar-refractivity contribution in [2.45, 2.75) is 39.5 Å². The van der Waals surface area contributed by atoms with Gasteiger partial charge in [0.15, 0.2) is 0 Å². The molecule has 0 radical (unpaired) electrons. The van der Waals surface area contributed by atoms with Gasteiger partial charge in [-0.2, -0.15) is 0 Å². The third kappa shape index (κ3) is 8.05. The molecular weight excluding hydrogens is 178 g/mol. The van der Waals surface area contributed by atoms with Gasteiger partial charge in [0.05, 0.1) is 0 Å². The first-order valence-corrected chi connectivity index (χ1v) is 5.44. The van der Waals surface area contributed by atoms with Gasteiger partial charge < -0.3 is 10.0 Å². The van der Waals surface area contributed by atoms with Crippen LogP contribution in [0.15, 0.2) is 0 Å². The van der Waals surface area contributed by atoms with Gasteiger partial charge in [-0.3, -0.25) is 4.79 Å². The number of nitrogens with zero attached hydrogens (tertiary/aromatic N) is 1. The van der Waals surface area contributed by atoms with Gasteiger partial charge in [-0.1, -0.05) is 13.3 Å². The maximum Gasteiger partial charge on any atom is 0.300 e. The molecule has 84 valence electrons. The molecule has 0 aromatic rings. The molecule has 3 heteroatoms. The summed E-state index contributed by atoms with van der Waals surface area (Å²) in [5.74, 6) is 0.170. The van der Waals surface area contributed by atoms with E-state index in [0.29, 0.717) is 0 Å². The summed E-state index contributed by atoms with van der Waals surface area (Å²) < 4.78 is 0. The minimum atomic E-state index is -0.833. The summed E-state index contributed by atoms with van der Waals surface area (Å²) in [5.41, 5.74) is 0. The zero-order chi connectivity index (χ0) is 11.0. The van der Waals surface area contributed by atoms with Crippen LogP contribution in [-0.2, 0) is 4.79 Å². The van der Waals surface area contributed by atoms with Gasteiger partial charge in [0.1, 0.15) is 0 Å². The van der Waals surface area contributed by atoms with E-state index in [2.05, 4.69) is 18.9 Å². The van der Waals surface area contributed by atoms with Crippen LogP contribution in [0.3, 0.4) is 0 Å². The lowest BCUT2D eigenvalue weighted by atomic mass is 9.94. The topological polar surface area (TPSA) is 40.5 Å². The third-order valence-corrected chi connectivity index (χ3v) is 2.42. The molecule has 1 heterocycles. The van der Waals surface area contributed by atoms with Crippen molar-refractivity contribution >= 4 is 5.97 Å². The van der Waals surface area contributed by atoms with E-state index in [1.807, 2.05) is 0 Å². The van der Waals surface area contributed by atoms with Crippen LogP contribution < -0.4 is 0 Å². The Morgan fingerprint density at radius 2 is 2.14 bits per heavy atom. The summed E-state index contributed by atoms with van der Waals surface area (Å²) in [6, 6.07) is 0. The number of carboxylic acid groups (broad SMARTS) is 1. The molecule has 0 aliphatic carbocycles. The predicted molar refractivity (Wildman–Crippen MR) is 58.4 cm³/mol. The Morgan fingerprint density at radius 3 is 2.57 bits per heavy atom. The molecule has 1 aliphatic rings. The van der Waals surface area contributed by atoms with E-state index in [0.717, 1.165) is 12.8 Å². The Kier molecular flexibility index (Phi) is 7.48. The molecule has 1 atom stereocenters. The van der Waals surface area contributed by atoms with E-state index in [1.165, 1.54) is 38.8 Å². The minimum absolute atomic E-state index is 0.833. The summed E-state index contributed by atoms with van der Waals surface area (Å²) in [4.78, 5) is 11.5. The van der Waals surface area contributed by atoms with Gasteiger partial charge in [-0.15, -0.1) is 0 Å². The Labute approximate surface area is 87.1 Å². The van der Waals surface area contributed by atoms with Gasteiger partial charge in [-0.25, -0.2) is 0 Å². The lowest BCUT2D eigenvalue weighted by Gasteiger charge is -2.29. The lowest BCUT2D eigenvalue weighted by Crippen LogP contribution is -2.31. The van der Waals surface area contributed by atoms with Crippen LogP contribution in [-0.4, -0.2) is 36.1 Å². The fraction of sp³-hybridized carbons (Fsp3) is 0.909. The second kappa shape index (κ2) is 7.80. The number of hydrogen-bond acceptors (Lipinski definition) is 2. The number of carboxylic acids is 1.